The molecule has 0 unspecified atom stereocenters. The average Bonchev–Trinajstić information content (AvgIpc) is 2.67. The van der Waals surface area contributed by atoms with E-state index in [1.165, 1.54) is 0 Å². The molecule has 1 aromatic carbocycles. The van der Waals surface area contributed by atoms with Gasteiger partial charge >= 0.3 is 0 Å². The van der Waals surface area contributed by atoms with Gasteiger partial charge in [0.1, 0.15) is 11.8 Å². The lowest BCUT2D eigenvalue weighted by molar-refractivity contribution is 0.392. The van der Waals surface area contributed by atoms with Gasteiger partial charge in [-0.2, -0.15) is 5.26 Å². The van der Waals surface area contributed by atoms with Gasteiger partial charge in [0.25, 0.3) is 0 Å². The van der Waals surface area contributed by atoms with Gasteiger partial charge in [-0.3, -0.25) is 0 Å². The largest absolute Gasteiger partial charge is 0.380 e. The third kappa shape index (κ3) is 2.54. The number of anilines is 1. The first-order chi connectivity index (χ1) is 8.61. The van der Waals surface area contributed by atoms with E-state index in [1.54, 1.807) is 6.07 Å². The molecule has 0 bridgehead atoms. The highest BCUT2D eigenvalue weighted by Gasteiger charge is 2.09. The van der Waals surface area contributed by atoms with Crippen molar-refractivity contribution in [2.75, 3.05) is 5.32 Å². The zero-order chi connectivity index (χ0) is 13.1. The van der Waals surface area contributed by atoms with Gasteiger partial charge in [-0.25, -0.2) is 0 Å². The molecule has 0 amide bonds. The second-order valence-corrected chi connectivity index (χ2v) is 4.87. The van der Waals surface area contributed by atoms with Crippen molar-refractivity contribution >= 4 is 21.6 Å². The Morgan fingerprint density at radius 2 is 2.22 bits per heavy atom. The second-order valence-electron chi connectivity index (χ2n) is 3.96. The van der Waals surface area contributed by atoms with E-state index in [0.29, 0.717) is 12.1 Å². The Kier molecular flexibility index (Phi) is 3.68. The van der Waals surface area contributed by atoms with E-state index in [0.717, 1.165) is 27.2 Å². The molecule has 0 saturated carbocycles. The summed E-state index contributed by atoms with van der Waals surface area (Å²) in [6.45, 7) is 4.37. The minimum Gasteiger partial charge on any atom is -0.380 e. The van der Waals surface area contributed by atoms with Crippen molar-refractivity contribution in [3.8, 4) is 6.07 Å². The van der Waals surface area contributed by atoms with Gasteiger partial charge < -0.3 is 9.84 Å². The zero-order valence-corrected chi connectivity index (χ0v) is 11.7. The molecule has 1 heterocycles. The first-order valence-corrected chi connectivity index (χ1v) is 6.26. The molecular weight excluding hydrogens is 294 g/mol. The summed E-state index contributed by atoms with van der Waals surface area (Å²) in [4.78, 5) is 0. The number of nitriles is 1. The average molecular weight is 306 g/mol. The van der Waals surface area contributed by atoms with Crippen LogP contribution in [0.2, 0.25) is 0 Å². The molecule has 0 aliphatic heterocycles. The standard InChI is InChI=1S/C13H12BrN3O/c1-8-12(9(2)18-17-8)7-16-13-5-11(14)4-3-10(13)6-15/h3-5,16H,7H2,1-2H3. The quantitative estimate of drug-likeness (QED) is 0.942. The highest BCUT2D eigenvalue weighted by molar-refractivity contribution is 9.10. The number of aromatic nitrogens is 1. The summed E-state index contributed by atoms with van der Waals surface area (Å²) in [7, 11) is 0. The van der Waals surface area contributed by atoms with Gasteiger partial charge in [-0.05, 0) is 32.0 Å². The van der Waals surface area contributed by atoms with Crippen LogP contribution < -0.4 is 5.32 Å². The molecule has 18 heavy (non-hydrogen) atoms. The molecule has 0 atom stereocenters. The van der Waals surface area contributed by atoms with Crippen LogP contribution in [-0.4, -0.2) is 5.16 Å². The summed E-state index contributed by atoms with van der Waals surface area (Å²) < 4.78 is 6.03. The van der Waals surface area contributed by atoms with Crippen molar-refractivity contribution in [3.63, 3.8) is 0 Å². The normalized spacial score (nSPS) is 10.1. The van der Waals surface area contributed by atoms with Crippen LogP contribution in [0.4, 0.5) is 5.69 Å². The molecule has 0 spiro atoms. The Balaban J connectivity index is 2.21. The number of halogens is 1. The first kappa shape index (κ1) is 12.7. The van der Waals surface area contributed by atoms with Crippen LogP contribution in [0.3, 0.4) is 0 Å². The number of benzene rings is 1. The van der Waals surface area contributed by atoms with Crippen molar-refractivity contribution in [3.05, 3.63) is 45.3 Å². The summed E-state index contributed by atoms with van der Waals surface area (Å²) in [6.07, 6.45) is 0. The molecule has 1 aromatic heterocycles. The van der Waals surface area contributed by atoms with E-state index in [4.69, 9.17) is 9.78 Å². The van der Waals surface area contributed by atoms with Crippen LogP contribution in [0.15, 0.2) is 27.2 Å². The van der Waals surface area contributed by atoms with Gasteiger partial charge in [0, 0.05) is 16.6 Å². The predicted octanol–water partition coefficient (Wildman–Crippen LogP) is 3.54. The van der Waals surface area contributed by atoms with E-state index in [1.807, 2.05) is 26.0 Å². The highest BCUT2D eigenvalue weighted by Crippen LogP contribution is 2.22. The summed E-state index contributed by atoms with van der Waals surface area (Å²) >= 11 is 3.39. The Hall–Kier alpha value is -1.80. The smallest absolute Gasteiger partial charge is 0.138 e. The molecular formula is C13H12BrN3O. The Morgan fingerprint density at radius 3 is 2.83 bits per heavy atom. The molecule has 5 heteroatoms. The minimum absolute atomic E-state index is 0.590. The number of nitrogens with one attached hydrogen (secondary N) is 1. The molecule has 0 aliphatic carbocycles. The monoisotopic (exact) mass is 305 g/mol. The molecule has 2 rings (SSSR count). The lowest BCUT2D eigenvalue weighted by Crippen LogP contribution is -2.03. The van der Waals surface area contributed by atoms with E-state index in [2.05, 4.69) is 32.5 Å². The highest BCUT2D eigenvalue weighted by atomic mass is 79.9. The van der Waals surface area contributed by atoms with Crippen LogP contribution in [-0.2, 0) is 6.54 Å². The predicted molar refractivity (Wildman–Crippen MR) is 72.2 cm³/mol. The van der Waals surface area contributed by atoms with Gasteiger partial charge in [-0.15, -0.1) is 0 Å². The van der Waals surface area contributed by atoms with Crippen LogP contribution in [0.5, 0.6) is 0 Å². The fourth-order valence-corrected chi connectivity index (χ4v) is 2.06. The number of hydrogen-bond donors (Lipinski definition) is 1. The van der Waals surface area contributed by atoms with Crippen LogP contribution in [0, 0.1) is 25.2 Å². The lowest BCUT2D eigenvalue weighted by Gasteiger charge is -2.08. The van der Waals surface area contributed by atoms with Gasteiger partial charge in [0.2, 0.25) is 0 Å². The summed E-state index contributed by atoms with van der Waals surface area (Å²) in [5.74, 6) is 0.800. The first-order valence-electron chi connectivity index (χ1n) is 5.47. The van der Waals surface area contributed by atoms with Gasteiger partial charge in [-0.1, -0.05) is 21.1 Å². The maximum Gasteiger partial charge on any atom is 0.138 e. The van der Waals surface area contributed by atoms with E-state index in [-0.39, 0.29) is 0 Å². The van der Waals surface area contributed by atoms with Crippen molar-refractivity contribution in [1.82, 2.24) is 5.16 Å². The molecule has 2 aromatic rings. The number of nitrogens with zero attached hydrogens (tertiary/aromatic N) is 2. The fraction of sp³-hybridized carbons (Fsp3) is 0.231. The van der Waals surface area contributed by atoms with Crippen molar-refractivity contribution in [1.29, 1.82) is 5.26 Å². The summed E-state index contributed by atoms with van der Waals surface area (Å²) in [6, 6.07) is 7.67. The van der Waals surface area contributed by atoms with E-state index in [9.17, 15) is 0 Å². The van der Waals surface area contributed by atoms with Crippen molar-refractivity contribution in [2.24, 2.45) is 0 Å². The summed E-state index contributed by atoms with van der Waals surface area (Å²) in [5.41, 5.74) is 3.31. The van der Waals surface area contributed by atoms with Crippen LogP contribution >= 0.6 is 15.9 Å². The molecule has 0 fully saturated rings. The molecule has 92 valence electrons. The number of rotatable bonds is 3. The lowest BCUT2D eigenvalue weighted by atomic mass is 10.1. The Morgan fingerprint density at radius 1 is 1.44 bits per heavy atom. The molecule has 0 aliphatic rings. The molecule has 0 saturated heterocycles. The maximum absolute atomic E-state index is 9.04. The van der Waals surface area contributed by atoms with Crippen LogP contribution in [0.25, 0.3) is 0 Å². The van der Waals surface area contributed by atoms with Gasteiger partial charge in [0.05, 0.1) is 16.9 Å². The third-order valence-corrected chi connectivity index (χ3v) is 3.23. The molecule has 4 nitrogen and oxygen atoms in total. The maximum atomic E-state index is 9.04. The zero-order valence-electron chi connectivity index (χ0n) is 10.1. The van der Waals surface area contributed by atoms with Crippen molar-refractivity contribution < 1.29 is 4.52 Å². The number of hydrogen-bond acceptors (Lipinski definition) is 4. The molecule has 1 N–H and O–H groups in total. The fourth-order valence-electron chi connectivity index (χ4n) is 1.70. The molecule has 0 radical (unpaired) electrons. The third-order valence-electron chi connectivity index (χ3n) is 2.74. The van der Waals surface area contributed by atoms with E-state index >= 15 is 0 Å². The second kappa shape index (κ2) is 5.23. The Labute approximate surface area is 114 Å². The minimum atomic E-state index is 0.590. The summed E-state index contributed by atoms with van der Waals surface area (Å²) in [5, 5.41) is 16.2. The topological polar surface area (TPSA) is 61.9 Å². The Bertz CT molecular complexity index is 594. The van der Waals surface area contributed by atoms with Crippen LogP contribution in [0.1, 0.15) is 22.6 Å². The number of aryl methyl sites for hydroxylation is 2. The van der Waals surface area contributed by atoms with E-state index < -0.39 is 0 Å². The van der Waals surface area contributed by atoms with Crippen molar-refractivity contribution in [2.45, 2.75) is 20.4 Å². The van der Waals surface area contributed by atoms with Gasteiger partial charge in [0.15, 0.2) is 0 Å². The SMILES string of the molecule is Cc1noc(C)c1CNc1cc(Br)ccc1C#N.